The van der Waals surface area contributed by atoms with Gasteiger partial charge in [-0.1, -0.05) is 41.6 Å². The number of rotatable bonds is 6. The highest BCUT2D eigenvalue weighted by Gasteiger charge is 2.08. The molecule has 0 unspecified atom stereocenters. The molecule has 1 amide bonds. The van der Waals surface area contributed by atoms with Crippen LogP contribution in [0.4, 0.5) is 0 Å². The molecule has 0 radical (unpaired) electrons. The van der Waals surface area contributed by atoms with Crippen LogP contribution in [-0.4, -0.2) is 28.7 Å². The van der Waals surface area contributed by atoms with E-state index in [0.717, 1.165) is 27.5 Å². The molecule has 24 heavy (non-hydrogen) atoms. The van der Waals surface area contributed by atoms with E-state index < -0.39 is 0 Å². The maximum absolute atomic E-state index is 12.0. The Kier molecular flexibility index (Phi) is 5.05. The second-order valence-corrected chi connectivity index (χ2v) is 6.44. The minimum atomic E-state index is -0.0152. The van der Waals surface area contributed by atoms with Crippen LogP contribution in [0.3, 0.4) is 0 Å². The van der Waals surface area contributed by atoms with Gasteiger partial charge in [0, 0.05) is 12.6 Å². The Labute approximate surface area is 144 Å². The van der Waals surface area contributed by atoms with Crippen LogP contribution in [0.25, 0.3) is 11.0 Å². The highest BCUT2D eigenvalue weighted by Crippen LogP contribution is 2.22. The van der Waals surface area contributed by atoms with Crippen LogP contribution in [0.1, 0.15) is 11.1 Å². The second kappa shape index (κ2) is 7.40. The number of H-pyrrole nitrogens is 1. The van der Waals surface area contributed by atoms with Crippen molar-refractivity contribution in [2.75, 3.05) is 12.9 Å². The molecule has 5 nitrogen and oxygen atoms in total. The van der Waals surface area contributed by atoms with Gasteiger partial charge in [-0.25, -0.2) is 4.98 Å². The zero-order valence-electron chi connectivity index (χ0n) is 13.6. The maximum Gasteiger partial charge on any atom is 0.230 e. The summed E-state index contributed by atoms with van der Waals surface area (Å²) in [5, 5.41) is 3.64. The number of fused-ring (bicyclic) bond motifs is 1. The third-order valence-corrected chi connectivity index (χ3v) is 4.49. The molecule has 0 aliphatic rings. The van der Waals surface area contributed by atoms with Gasteiger partial charge in [0.05, 0.1) is 23.9 Å². The van der Waals surface area contributed by atoms with E-state index in [9.17, 15) is 4.79 Å². The maximum atomic E-state index is 12.0. The number of hydrogen-bond acceptors (Lipinski definition) is 4. The Balaban J connectivity index is 1.53. The van der Waals surface area contributed by atoms with Gasteiger partial charge in [0.1, 0.15) is 5.75 Å². The molecule has 0 spiro atoms. The van der Waals surface area contributed by atoms with Crippen molar-refractivity contribution >= 4 is 28.7 Å². The quantitative estimate of drug-likeness (QED) is 0.675. The number of aryl methyl sites for hydroxylation is 1. The number of ether oxygens (including phenoxy) is 1. The van der Waals surface area contributed by atoms with Crippen LogP contribution in [0.15, 0.2) is 47.6 Å². The summed E-state index contributed by atoms with van der Waals surface area (Å²) in [5.74, 6) is 1.08. The SMILES string of the molecule is COc1ccc2nc(SCC(=O)NCc3ccc(C)cc3)[nH]c2c1. The van der Waals surface area contributed by atoms with E-state index in [2.05, 4.69) is 15.3 Å². The Morgan fingerprint density at radius 1 is 1.25 bits per heavy atom. The number of aromatic nitrogens is 2. The Bertz CT molecular complexity index is 843. The van der Waals surface area contributed by atoms with E-state index in [-0.39, 0.29) is 5.91 Å². The smallest absolute Gasteiger partial charge is 0.230 e. The van der Waals surface area contributed by atoms with Crippen molar-refractivity contribution in [1.29, 1.82) is 0 Å². The standard InChI is InChI=1S/C18H19N3O2S/c1-12-3-5-13(6-4-12)10-19-17(22)11-24-18-20-15-8-7-14(23-2)9-16(15)21-18/h3-9H,10-11H2,1-2H3,(H,19,22)(H,20,21). The van der Waals surface area contributed by atoms with Crippen molar-refractivity contribution in [3.63, 3.8) is 0 Å². The van der Waals surface area contributed by atoms with Crippen molar-refractivity contribution in [2.24, 2.45) is 0 Å². The van der Waals surface area contributed by atoms with E-state index in [0.29, 0.717) is 12.3 Å². The number of benzene rings is 2. The van der Waals surface area contributed by atoms with E-state index in [4.69, 9.17) is 4.74 Å². The monoisotopic (exact) mass is 341 g/mol. The number of imidazole rings is 1. The van der Waals surface area contributed by atoms with Gasteiger partial charge in [0.25, 0.3) is 0 Å². The Hall–Kier alpha value is -2.47. The molecule has 0 bridgehead atoms. The number of hydrogen-bond donors (Lipinski definition) is 2. The summed E-state index contributed by atoms with van der Waals surface area (Å²) in [7, 11) is 1.63. The number of carbonyl (C=O) groups is 1. The molecule has 0 aliphatic carbocycles. The predicted octanol–water partition coefficient (Wildman–Crippen LogP) is 3.29. The van der Waals surface area contributed by atoms with E-state index in [1.807, 2.05) is 49.4 Å². The molecule has 0 saturated heterocycles. The lowest BCUT2D eigenvalue weighted by molar-refractivity contribution is -0.118. The van der Waals surface area contributed by atoms with Crippen LogP contribution in [0.5, 0.6) is 5.75 Å². The summed E-state index contributed by atoms with van der Waals surface area (Å²) < 4.78 is 5.19. The van der Waals surface area contributed by atoms with E-state index in [1.54, 1.807) is 7.11 Å². The zero-order valence-corrected chi connectivity index (χ0v) is 14.4. The summed E-state index contributed by atoms with van der Waals surface area (Å²) in [4.78, 5) is 19.6. The Morgan fingerprint density at radius 2 is 2.04 bits per heavy atom. The molecule has 124 valence electrons. The third-order valence-electron chi connectivity index (χ3n) is 3.62. The van der Waals surface area contributed by atoms with E-state index >= 15 is 0 Å². The van der Waals surface area contributed by atoms with Gasteiger partial charge in [-0.3, -0.25) is 4.79 Å². The summed E-state index contributed by atoms with van der Waals surface area (Å²) in [5.41, 5.74) is 4.06. The normalized spacial score (nSPS) is 10.8. The number of nitrogens with zero attached hydrogens (tertiary/aromatic N) is 1. The molecule has 2 aromatic carbocycles. The first-order chi connectivity index (χ1) is 11.6. The van der Waals surface area contributed by atoms with Gasteiger partial charge in [0.15, 0.2) is 5.16 Å². The zero-order chi connectivity index (χ0) is 16.9. The first-order valence-corrected chi connectivity index (χ1v) is 8.61. The molecule has 0 aliphatic heterocycles. The number of thioether (sulfide) groups is 1. The number of aromatic amines is 1. The molecule has 1 aromatic heterocycles. The van der Waals surface area contributed by atoms with Crippen LogP contribution < -0.4 is 10.1 Å². The topological polar surface area (TPSA) is 67.0 Å². The molecule has 6 heteroatoms. The highest BCUT2D eigenvalue weighted by molar-refractivity contribution is 7.99. The average Bonchev–Trinajstić information content (AvgIpc) is 3.01. The summed E-state index contributed by atoms with van der Waals surface area (Å²) in [6, 6.07) is 13.8. The molecule has 1 heterocycles. The van der Waals surface area contributed by atoms with Gasteiger partial charge in [-0.05, 0) is 24.6 Å². The fraction of sp³-hybridized carbons (Fsp3) is 0.222. The van der Waals surface area contributed by atoms with Crippen molar-refractivity contribution in [3.8, 4) is 5.75 Å². The lowest BCUT2D eigenvalue weighted by atomic mass is 10.1. The highest BCUT2D eigenvalue weighted by atomic mass is 32.2. The van der Waals surface area contributed by atoms with Gasteiger partial charge in [-0.15, -0.1) is 0 Å². The van der Waals surface area contributed by atoms with Crippen molar-refractivity contribution in [2.45, 2.75) is 18.6 Å². The number of nitrogens with one attached hydrogen (secondary N) is 2. The van der Waals surface area contributed by atoms with E-state index in [1.165, 1.54) is 17.3 Å². The molecule has 2 N–H and O–H groups in total. The molecule has 0 saturated carbocycles. The number of methoxy groups -OCH3 is 1. The molecule has 0 atom stereocenters. The lowest BCUT2D eigenvalue weighted by Crippen LogP contribution is -2.24. The number of carbonyl (C=O) groups excluding carboxylic acids is 1. The van der Waals surface area contributed by atoms with Gasteiger partial charge < -0.3 is 15.0 Å². The molecule has 0 fully saturated rings. The predicted molar refractivity (Wildman–Crippen MR) is 96.4 cm³/mol. The third kappa shape index (κ3) is 4.08. The van der Waals surface area contributed by atoms with Crippen molar-refractivity contribution in [3.05, 3.63) is 53.6 Å². The molecular weight excluding hydrogens is 322 g/mol. The van der Waals surface area contributed by atoms with Gasteiger partial charge >= 0.3 is 0 Å². The summed E-state index contributed by atoms with van der Waals surface area (Å²) in [6.45, 7) is 2.58. The summed E-state index contributed by atoms with van der Waals surface area (Å²) in [6.07, 6.45) is 0. The summed E-state index contributed by atoms with van der Waals surface area (Å²) >= 11 is 1.39. The Morgan fingerprint density at radius 3 is 2.79 bits per heavy atom. The van der Waals surface area contributed by atoms with Crippen LogP contribution in [-0.2, 0) is 11.3 Å². The molecular formula is C18H19N3O2S. The minimum Gasteiger partial charge on any atom is -0.497 e. The number of amides is 1. The second-order valence-electron chi connectivity index (χ2n) is 5.48. The van der Waals surface area contributed by atoms with Crippen LogP contribution >= 0.6 is 11.8 Å². The first-order valence-electron chi connectivity index (χ1n) is 7.63. The van der Waals surface area contributed by atoms with Crippen LogP contribution in [0.2, 0.25) is 0 Å². The lowest BCUT2D eigenvalue weighted by Gasteiger charge is -2.04. The molecule has 3 aromatic rings. The van der Waals surface area contributed by atoms with Gasteiger partial charge in [0.2, 0.25) is 5.91 Å². The largest absolute Gasteiger partial charge is 0.497 e. The first kappa shape index (κ1) is 16.4. The molecule has 3 rings (SSSR count). The average molecular weight is 341 g/mol. The van der Waals surface area contributed by atoms with Crippen molar-refractivity contribution < 1.29 is 9.53 Å². The van der Waals surface area contributed by atoms with Gasteiger partial charge in [-0.2, -0.15) is 0 Å². The fourth-order valence-corrected chi connectivity index (χ4v) is 2.97. The van der Waals surface area contributed by atoms with Crippen LogP contribution in [0, 0.1) is 6.92 Å². The fourth-order valence-electron chi connectivity index (χ4n) is 2.25. The minimum absolute atomic E-state index is 0.0152. The van der Waals surface area contributed by atoms with Crippen molar-refractivity contribution in [1.82, 2.24) is 15.3 Å².